The molecule has 3 aliphatic rings. The molecule has 0 spiro atoms. The van der Waals surface area contributed by atoms with E-state index in [9.17, 15) is 4.79 Å². The topological polar surface area (TPSA) is 26.3 Å². The highest BCUT2D eigenvalue weighted by Gasteiger charge is 2.73. The molecule has 4 aromatic rings. The van der Waals surface area contributed by atoms with Gasteiger partial charge in [0.1, 0.15) is 17.0 Å². The van der Waals surface area contributed by atoms with E-state index in [0.29, 0.717) is 0 Å². The van der Waals surface area contributed by atoms with Crippen LogP contribution in [0.1, 0.15) is 33.7 Å². The van der Waals surface area contributed by atoms with Crippen LogP contribution >= 0.6 is 0 Å². The lowest BCUT2D eigenvalue weighted by molar-refractivity contribution is -0.125. The highest BCUT2D eigenvalue weighted by molar-refractivity contribution is 6.02. The fraction of sp³-hybridized carbons (Fsp3) is 0.118. The van der Waals surface area contributed by atoms with E-state index in [4.69, 9.17) is 4.74 Å². The number of carbonyl (C=O) groups is 1. The largest absolute Gasteiger partial charge is 0.348 e. The van der Waals surface area contributed by atoms with E-state index in [1.54, 1.807) is 0 Å². The molecule has 4 atom stereocenters. The van der Waals surface area contributed by atoms with Crippen molar-refractivity contribution in [3.63, 3.8) is 0 Å². The minimum Gasteiger partial charge on any atom is -0.348 e. The fourth-order valence-electron chi connectivity index (χ4n) is 6.73. The van der Waals surface area contributed by atoms with Gasteiger partial charge in [0.2, 0.25) is 0 Å². The molecule has 7 rings (SSSR count). The summed E-state index contributed by atoms with van der Waals surface area (Å²) in [4.78, 5) is 14.6. The van der Waals surface area contributed by atoms with Crippen molar-refractivity contribution in [1.82, 2.24) is 0 Å². The van der Waals surface area contributed by atoms with Crippen LogP contribution in [0.4, 0.5) is 0 Å². The molecule has 2 fully saturated rings. The lowest BCUT2D eigenvalue weighted by atomic mass is 9.56. The Hall–Kier alpha value is -3.49. The molecule has 2 bridgehead atoms. The fourth-order valence-corrected chi connectivity index (χ4v) is 6.73. The van der Waals surface area contributed by atoms with Gasteiger partial charge >= 0.3 is 0 Å². The SMILES string of the molecule is O=C([C]1[CH][CH][CH][CH]1)[C@@H]1[C@@H](c2ccccc2)[C@]2(c3ccccc3)O[C@@]1(c1ccccc1)c1ccccc12. The van der Waals surface area contributed by atoms with Crippen molar-refractivity contribution in [2.45, 2.75) is 17.1 Å². The third-order valence-electron chi connectivity index (χ3n) is 8.05. The Balaban J connectivity index is 1.59. The minimum absolute atomic E-state index is 0.116. The number of benzene rings is 4. The number of ketones is 1. The number of Topliss-reactive ketones (excluding diaryl/α,β-unsaturated/α-hetero) is 1. The van der Waals surface area contributed by atoms with Crippen LogP contribution < -0.4 is 0 Å². The molecule has 0 aromatic heterocycles. The second-order valence-electron chi connectivity index (χ2n) is 9.75. The molecular weight excluding hydrogens is 440 g/mol. The summed E-state index contributed by atoms with van der Waals surface area (Å²) in [6, 6.07) is 39.7. The van der Waals surface area contributed by atoms with Gasteiger partial charge < -0.3 is 4.74 Å². The van der Waals surface area contributed by atoms with E-state index >= 15 is 0 Å². The standard InChI is InChI=1S/C34H25O2/c35-32(25-16-10-11-17-25)31-30(24-14-4-1-5-15-24)33(26-18-6-2-7-19-26)28-22-12-13-23-29(28)34(31,36-33)27-20-8-3-9-21-27/h1-23,30-31H/t30-,31+,33-,34+/m1/s1. The van der Waals surface area contributed by atoms with Gasteiger partial charge in [0.05, 0.1) is 5.92 Å². The summed E-state index contributed by atoms with van der Waals surface area (Å²) in [6.45, 7) is 0. The van der Waals surface area contributed by atoms with Crippen LogP contribution in [0.2, 0.25) is 0 Å². The van der Waals surface area contributed by atoms with Crippen molar-refractivity contribution < 1.29 is 9.53 Å². The predicted octanol–water partition coefficient (Wildman–Crippen LogP) is 6.59. The Kier molecular flexibility index (Phi) is 5.01. The monoisotopic (exact) mass is 465 g/mol. The zero-order valence-electron chi connectivity index (χ0n) is 19.8. The minimum atomic E-state index is -0.914. The van der Waals surface area contributed by atoms with Crippen LogP contribution in [-0.4, -0.2) is 5.78 Å². The molecular formula is C34H25O2. The zero-order chi connectivity index (χ0) is 24.2. The molecule has 36 heavy (non-hydrogen) atoms. The molecule has 2 heteroatoms. The average Bonchev–Trinajstić information content (AvgIpc) is 3.67. The van der Waals surface area contributed by atoms with E-state index in [-0.39, 0.29) is 11.7 Å². The van der Waals surface area contributed by atoms with E-state index in [2.05, 4.69) is 84.9 Å². The second-order valence-corrected chi connectivity index (χ2v) is 9.75. The molecule has 1 aliphatic carbocycles. The normalized spacial score (nSPS) is 28.8. The maximum absolute atomic E-state index is 14.6. The maximum atomic E-state index is 14.6. The Bertz CT molecular complexity index is 1390. The Labute approximate surface area is 213 Å². The molecule has 2 aliphatic heterocycles. The molecule has 1 saturated heterocycles. The summed E-state index contributed by atoms with van der Waals surface area (Å²) < 4.78 is 7.47. The van der Waals surface area contributed by atoms with Gasteiger partial charge in [-0.1, -0.05) is 115 Å². The van der Waals surface area contributed by atoms with Gasteiger partial charge in [-0.15, -0.1) is 0 Å². The summed E-state index contributed by atoms with van der Waals surface area (Å²) in [5, 5.41) is 0. The molecule has 0 unspecified atom stereocenters. The second kappa shape index (κ2) is 8.28. The van der Waals surface area contributed by atoms with Crippen LogP contribution in [0.5, 0.6) is 0 Å². The van der Waals surface area contributed by atoms with Crippen LogP contribution in [0.15, 0.2) is 115 Å². The van der Waals surface area contributed by atoms with Gasteiger partial charge in [-0.3, -0.25) is 4.79 Å². The first kappa shape index (κ1) is 21.8. The number of hydrogen-bond acceptors (Lipinski definition) is 2. The highest BCUT2D eigenvalue weighted by atomic mass is 16.5. The van der Waals surface area contributed by atoms with Crippen molar-refractivity contribution in [2.24, 2.45) is 5.92 Å². The Morgan fingerprint density at radius 1 is 0.583 bits per heavy atom. The van der Waals surface area contributed by atoms with E-state index in [1.165, 1.54) is 0 Å². The zero-order valence-corrected chi connectivity index (χ0v) is 19.8. The summed E-state index contributed by atoms with van der Waals surface area (Å²) in [7, 11) is 0. The molecule has 5 radical (unpaired) electrons. The Morgan fingerprint density at radius 3 is 1.64 bits per heavy atom. The maximum Gasteiger partial charge on any atom is 0.148 e. The van der Waals surface area contributed by atoms with Gasteiger partial charge in [-0.25, -0.2) is 0 Å². The molecule has 0 N–H and O–H groups in total. The van der Waals surface area contributed by atoms with E-state index in [0.717, 1.165) is 33.7 Å². The molecule has 173 valence electrons. The molecule has 0 amide bonds. The van der Waals surface area contributed by atoms with Gasteiger partial charge in [0, 0.05) is 11.8 Å². The summed E-state index contributed by atoms with van der Waals surface area (Å²) in [6.07, 6.45) is 7.73. The van der Waals surface area contributed by atoms with Gasteiger partial charge in [0.25, 0.3) is 0 Å². The van der Waals surface area contributed by atoms with Crippen LogP contribution in [0.25, 0.3) is 0 Å². The van der Waals surface area contributed by atoms with Crippen LogP contribution in [0.3, 0.4) is 0 Å². The molecule has 2 nitrogen and oxygen atoms in total. The summed E-state index contributed by atoms with van der Waals surface area (Å²) >= 11 is 0. The number of hydrogen-bond donors (Lipinski definition) is 0. The average molecular weight is 466 g/mol. The van der Waals surface area contributed by atoms with Gasteiger partial charge in [-0.2, -0.15) is 0 Å². The number of ether oxygens (including phenoxy) is 1. The first-order chi connectivity index (χ1) is 17.8. The van der Waals surface area contributed by atoms with E-state index in [1.807, 2.05) is 56.0 Å². The lowest BCUT2D eigenvalue weighted by Gasteiger charge is -2.41. The van der Waals surface area contributed by atoms with Crippen molar-refractivity contribution in [2.75, 3.05) is 0 Å². The molecule has 2 heterocycles. The van der Waals surface area contributed by atoms with Crippen LogP contribution in [0, 0.1) is 37.5 Å². The molecule has 4 aromatic carbocycles. The lowest BCUT2D eigenvalue weighted by Crippen LogP contribution is -2.44. The summed E-state index contributed by atoms with van der Waals surface area (Å²) in [5.41, 5.74) is 3.70. The number of rotatable bonds is 5. The molecule has 1 saturated carbocycles. The highest BCUT2D eigenvalue weighted by Crippen LogP contribution is 2.71. The Morgan fingerprint density at radius 2 is 1.06 bits per heavy atom. The first-order valence-electron chi connectivity index (χ1n) is 12.5. The van der Waals surface area contributed by atoms with Crippen molar-refractivity contribution in [3.8, 4) is 0 Å². The quantitative estimate of drug-likeness (QED) is 0.332. The van der Waals surface area contributed by atoms with Crippen molar-refractivity contribution in [1.29, 1.82) is 0 Å². The predicted molar refractivity (Wildman–Crippen MR) is 140 cm³/mol. The first-order valence-corrected chi connectivity index (χ1v) is 12.5. The third kappa shape index (κ3) is 2.85. The smallest absolute Gasteiger partial charge is 0.148 e. The van der Waals surface area contributed by atoms with Crippen molar-refractivity contribution in [3.05, 3.63) is 175 Å². The summed E-state index contributed by atoms with van der Waals surface area (Å²) in [5.74, 6) is 0.191. The van der Waals surface area contributed by atoms with Crippen LogP contribution in [-0.2, 0) is 20.7 Å². The van der Waals surface area contributed by atoms with E-state index < -0.39 is 17.1 Å². The number of fused-ring (bicyclic) bond motifs is 5. The van der Waals surface area contributed by atoms with Gasteiger partial charge in [-0.05, 0) is 53.5 Å². The van der Waals surface area contributed by atoms with Gasteiger partial charge in [0.15, 0.2) is 0 Å². The number of carbonyl (C=O) groups excluding carboxylic acids is 1. The van der Waals surface area contributed by atoms with Crippen molar-refractivity contribution >= 4 is 5.78 Å². The third-order valence-corrected chi connectivity index (χ3v) is 8.05.